The smallest absolute Gasteiger partial charge is 0.0182 e. The highest BCUT2D eigenvalue weighted by Gasteiger charge is 2.29. The normalized spacial score (nSPS) is 19.0. The van der Waals surface area contributed by atoms with Crippen molar-refractivity contribution >= 4 is 11.8 Å². The van der Waals surface area contributed by atoms with Gasteiger partial charge in [-0.25, -0.2) is 0 Å². The van der Waals surface area contributed by atoms with E-state index < -0.39 is 0 Å². The van der Waals surface area contributed by atoms with E-state index in [4.69, 9.17) is 0 Å². The summed E-state index contributed by atoms with van der Waals surface area (Å²) in [6.07, 6.45) is 4.60. The van der Waals surface area contributed by atoms with E-state index in [1.807, 2.05) is 11.8 Å². The van der Waals surface area contributed by atoms with E-state index in [2.05, 4.69) is 57.0 Å². The molecule has 1 unspecified atom stereocenters. The quantitative estimate of drug-likeness (QED) is 0.756. The maximum atomic E-state index is 2.67. The summed E-state index contributed by atoms with van der Waals surface area (Å²) in [6, 6.07) is 8.94. The Labute approximate surface area is 116 Å². The molecule has 18 heavy (non-hydrogen) atoms. The molecule has 2 heteroatoms. The van der Waals surface area contributed by atoms with Crippen LogP contribution in [0.25, 0.3) is 0 Å². The largest absolute Gasteiger partial charge is 0.295 e. The standard InChI is InChI=1S/C16H25NS/c1-11(2)17(12(3)4)15-8-13-6-7-16(18-5)10-14(13)9-15/h6-7,10-12,15H,8-9H2,1-5H3. The molecule has 0 N–H and O–H groups in total. The molecule has 1 aliphatic carbocycles. The van der Waals surface area contributed by atoms with Crippen LogP contribution >= 0.6 is 11.8 Å². The summed E-state index contributed by atoms with van der Waals surface area (Å²) < 4.78 is 0. The van der Waals surface area contributed by atoms with Gasteiger partial charge in [-0.1, -0.05) is 6.07 Å². The van der Waals surface area contributed by atoms with E-state index in [-0.39, 0.29) is 0 Å². The maximum Gasteiger partial charge on any atom is 0.0182 e. The van der Waals surface area contributed by atoms with Crippen LogP contribution in [0.1, 0.15) is 38.8 Å². The Kier molecular flexibility index (Phi) is 4.39. The van der Waals surface area contributed by atoms with Crippen molar-refractivity contribution in [2.45, 2.75) is 63.6 Å². The fourth-order valence-corrected chi connectivity index (χ4v) is 3.81. The Morgan fingerprint density at radius 1 is 1.06 bits per heavy atom. The first-order valence-corrected chi connectivity index (χ1v) is 8.18. The molecule has 100 valence electrons. The lowest BCUT2D eigenvalue weighted by Gasteiger charge is -2.36. The number of hydrogen-bond acceptors (Lipinski definition) is 2. The summed E-state index contributed by atoms with van der Waals surface area (Å²) in [5, 5.41) is 0. The molecule has 0 aromatic heterocycles. The lowest BCUT2D eigenvalue weighted by Crippen LogP contribution is -2.45. The highest BCUT2D eigenvalue weighted by molar-refractivity contribution is 7.98. The van der Waals surface area contributed by atoms with Crippen LogP contribution < -0.4 is 0 Å². The number of hydrogen-bond donors (Lipinski definition) is 0. The SMILES string of the molecule is CSc1ccc2c(c1)CC(N(C(C)C)C(C)C)C2. The Hall–Kier alpha value is -0.470. The van der Waals surface area contributed by atoms with Crippen LogP contribution in [0.4, 0.5) is 0 Å². The molecule has 1 nitrogen and oxygen atoms in total. The number of thioether (sulfide) groups is 1. The third kappa shape index (κ3) is 2.75. The number of nitrogens with zero attached hydrogens (tertiary/aromatic N) is 1. The molecule has 1 aromatic carbocycles. The van der Waals surface area contributed by atoms with E-state index in [0.29, 0.717) is 18.1 Å². The molecule has 0 saturated carbocycles. The summed E-state index contributed by atoms with van der Waals surface area (Å²) in [4.78, 5) is 4.06. The van der Waals surface area contributed by atoms with Crippen LogP contribution in [0.3, 0.4) is 0 Å². The first-order valence-electron chi connectivity index (χ1n) is 6.96. The van der Waals surface area contributed by atoms with Crippen molar-refractivity contribution in [3.05, 3.63) is 29.3 Å². The molecule has 0 bridgehead atoms. The second-order valence-corrected chi connectivity index (χ2v) is 6.71. The highest BCUT2D eigenvalue weighted by Crippen LogP contribution is 2.30. The predicted octanol–water partition coefficient (Wildman–Crippen LogP) is 3.99. The average molecular weight is 263 g/mol. The Balaban J connectivity index is 2.18. The van der Waals surface area contributed by atoms with Crippen molar-refractivity contribution in [2.75, 3.05) is 6.26 Å². The summed E-state index contributed by atoms with van der Waals surface area (Å²) in [6.45, 7) is 9.26. The first-order chi connectivity index (χ1) is 8.52. The molecule has 1 atom stereocenters. The van der Waals surface area contributed by atoms with Gasteiger partial charge >= 0.3 is 0 Å². The minimum absolute atomic E-state index is 0.629. The van der Waals surface area contributed by atoms with Crippen molar-refractivity contribution < 1.29 is 0 Å². The van der Waals surface area contributed by atoms with E-state index in [9.17, 15) is 0 Å². The summed E-state index contributed by atoms with van der Waals surface area (Å²) in [7, 11) is 0. The van der Waals surface area contributed by atoms with E-state index in [0.717, 1.165) is 0 Å². The molecule has 0 amide bonds. The van der Waals surface area contributed by atoms with Crippen LogP contribution in [0.5, 0.6) is 0 Å². The van der Waals surface area contributed by atoms with Crippen LogP contribution in [-0.4, -0.2) is 29.3 Å². The van der Waals surface area contributed by atoms with Crippen molar-refractivity contribution in [3.8, 4) is 0 Å². The first kappa shape index (κ1) is 14.0. The van der Waals surface area contributed by atoms with Crippen LogP contribution in [0, 0.1) is 0 Å². The average Bonchev–Trinajstić information content (AvgIpc) is 2.69. The Morgan fingerprint density at radius 2 is 1.67 bits per heavy atom. The van der Waals surface area contributed by atoms with Crippen LogP contribution in [0.15, 0.2) is 23.1 Å². The van der Waals surface area contributed by atoms with Crippen molar-refractivity contribution in [3.63, 3.8) is 0 Å². The molecule has 0 fully saturated rings. The van der Waals surface area contributed by atoms with Crippen molar-refractivity contribution in [1.82, 2.24) is 4.90 Å². The fourth-order valence-electron chi connectivity index (χ4n) is 3.35. The van der Waals surface area contributed by atoms with E-state index in [1.165, 1.54) is 17.7 Å². The second kappa shape index (κ2) is 5.66. The fraction of sp³-hybridized carbons (Fsp3) is 0.625. The zero-order valence-corrected chi connectivity index (χ0v) is 13.1. The Morgan fingerprint density at radius 3 is 2.22 bits per heavy atom. The van der Waals surface area contributed by atoms with Gasteiger partial charge in [0.15, 0.2) is 0 Å². The topological polar surface area (TPSA) is 3.24 Å². The molecular formula is C16H25NS. The van der Waals surface area contributed by atoms with Crippen LogP contribution in [0.2, 0.25) is 0 Å². The second-order valence-electron chi connectivity index (χ2n) is 5.83. The highest BCUT2D eigenvalue weighted by atomic mass is 32.2. The van der Waals surface area contributed by atoms with Crippen molar-refractivity contribution in [2.24, 2.45) is 0 Å². The zero-order valence-electron chi connectivity index (χ0n) is 12.2. The molecule has 0 saturated heterocycles. The number of rotatable bonds is 4. The summed E-state index contributed by atoms with van der Waals surface area (Å²) in [5.74, 6) is 0. The van der Waals surface area contributed by atoms with Gasteiger partial charge in [0.05, 0.1) is 0 Å². The number of fused-ring (bicyclic) bond motifs is 1. The van der Waals surface area contributed by atoms with E-state index in [1.54, 1.807) is 11.1 Å². The van der Waals surface area contributed by atoms with Gasteiger partial charge in [0.25, 0.3) is 0 Å². The third-order valence-electron chi connectivity index (χ3n) is 3.94. The van der Waals surface area contributed by atoms with Gasteiger partial charge < -0.3 is 0 Å². The zero-order chi connectivity index (χ0) is 13.3. The number of benzene rings is 1. The minimum atomic E-state index is 0.629. The molecule has 0 heterocycles. The third-order valence-corrected chi connectivity index (χ3v) is 4.66. The molecule has 0 radical (unpaired) electrons. The minimum Gasteiger partial charge on any atom is -0.295 e. The van der Waals surface area contributed by atoms with Crippen molar-refractivity contribution in [1.29, 1.82) is 0 Å². The summed E-state index contributed by atoms with van der Waals surface area (Å²) >= 11 is 1.84. The van der Waals surface area contributed by atoms with Gasteiger partial charge in [0, 0.05) is 23.0 Å². The van der Waals surface area contributed by atoms with Gasteiger partial charge in [0.1, 0.15) is 0 Å². The van der Waals surface area contributed by atoms with Gasteiger partial charge in [-0.3, -0.25) is 4.90 Å². The lowest BCUT2D eigenvalue weighted by molar-refractivity contribution is 0.117. The van der Waals surface area contributed by atoms with Gasteiger partial charge in [-0.05, 0) is 70.1 Å². The summed E-state index contributed by atoms with van der Waals surface area (Å²) in [5.41, 5.74) is 3.13. The monoisotopic (exact) mass is 263 g/mol. The molecule has 0 spiro atoms. The molecule has 1 aliphatic rings. The lowest BCUT2D eigenvalue weighted by atomic mass is 10.1. The van der Waals surface area contributed by atoms with Gasteiger partial charge in [0.2, 0.25) is 0 Å². The van der Waals surface area contributed by atoms with Gasteiger partial charge in [-0.2, -0.15) is 0 Å². The predicted molar refractivity (Wildman–Crippen MR) is 81.5 cm³/mol. The molecular weight excluding hydrogens is 238 g/mol. The van der Waals surface area contributed by atoms with E-state index >= 15 is 0 Å². The Bertz CT molecular complexity index is 404. The van der Waals surface area contributed by atoms with Crippen LogP contribution in [-0.2, 0) is 12.8 Å². The maximum absolute atomic E-state index is 2.67. The molecule has 1 aromatic rings. The molecule has 0 aliphatic heterocycles. The molecule has 2 rings (SSSR count). The van der Waals surface area contributed by atoms with Gasteiger partial charge in [-0.15, -0.1) is 11.8 Å².